The Hall–Kier alpha value is -4.91. The van der Waals surface area contributed by atoms with E-state index < -0.39 is 15.9 Å². The van der Waals surface area contributed by atoms with E-state index in [-0.39, 0.29) is 45.3 Å². The Balaban J connectivity index is 0.942. The number of halogens is 2. The maximum absolute atomic E-state index is 14.6. The number of hydrogen-bond donors (Lipinski definition) is 3. The van der Waals surface area contributed by atoms with E-state index >= 15 is 0 Å². The second-order valence-corrected chi connectivity index (χ2v) is 22.6. The van der Waals surface area contributed by atoms with Gasteiger partial charge in [-0.2, -0.15) is 4.98 Å². The Bertz CT molecular complexity index is 2870. The molecule has 1 aliphatic carbocycles. The Morgan fingerprint density at radius 1 is 0.930 bits per heavy atom. The average Bonchev–Trinajstić information content (AvgIpc) is 3.71. The van der Waals surface area contributed by atoms with Crippen molar-refractivity contribution in [3.8, 4) is 5.88 Å². The van der Waals surface area contributed by atoms with Crippen LogP contribution in [0.3, 0.4) is 0 Å². The highest BCUT2D eigenvalue weighted by molar-refractivity contribution is 7.90. The number of nitrogens with one attached hydrogen (secondary N) is 3. The van der Waals surface area contributed by atoms with E-state index in [0.717, 1.165) is 56.3 Å². The molecular formula is C53H63Cl2N7O8S. The van der Waals surface area contributed by atoms with Crippen LogP contribution in [0.25, 0.3) is 16.6 Å². The zero-order chi connectivity index (χ0) is 49.3. The number of ether oxygens (including phenoxy) is 5. The van der Waals surface area contributed by atoms with Crippen molar-refractivity contribution >= 4 is 78.5 Å². The van der Waals surface area contributed by atoms with Gasteiger partial charge in [-0.25, -0.2) is 13.1 Å². The first-order chi connectivity index (χ1) is 34.3. The number of fused-ring (bicyclic) bond motifs is 4. The van der Waals surface area contributed by atoms with Gasteiger partial charge in [0.05, 0.1) is 71.0 Å². The summed E-state index contributed by atoms with van der Waals surface area (Å²) in [4.78, 5) is 29.3. The quantitative estimate of drug-likeness (QED) is 0.122. The molecule has 3 saturated heterocycles. The lowest BCUT2D eigenvalue weighted by atomic mass is 9.71. The molecular weight excluding hydrogens is 966 g/mol. The van der Waals surface area contributed by atoms with Gasteiger partial charge in [0.2, 0.25) is 5.88 Å². The number of carbonyl (C=O) groups excluding carboxylic acids is 1. The first-order valence-electron chi connectivity index (χ1n) is 24.7. The fourth-order valence-corrected chi connectivity index (χ4v) is 12.1. The number of hydrogen-bond acceptors (Lipinski definition) is 13. The monoisotopic (exact) mass is 1030 g/mol. The van der Waals surface area contributed by atoms with Crippen LogP contribution in [0.2, 0.25) is 10.0 Å². The second kappa shape index (κ2) is 21.3. The highest BCUT2D eigenvalue weighted by Crippen LogP contribution is 2.46. The number of piperazine rings is 1. The Morgan fingerprint density at radius 2 is 1.79 bits per heavy atom. The fourth-order valence-electron chi connectivity index (χ4n) is 10.6. The summed E-state index contributed by atoms with van der Waals surface area (Å²) in [6, 6.07) is 22.2. The molecule has 0 radical (unpaired) electrons. The van der Waals surface area contributed by atoms with Gasteiger partial charge in [-0.1, -0.05) is 49.2 Å². The lowest BCUT2D eigenvalue weighted by molar-refractivity contribution is -0.0659. The number of amides is 1. The summed E-state index contributed by atoms with van der Waals surface area (Å²) >= 11 is 13.1. The number of rotatable bonds is 10. The molecule has 4 aliphatic heterocycles. The zero-order valence-electron chi connectivity index (χ0n) is 40.6. The summed E-state index contributed by atoms with van der Waals surface area (Å²) in [6.07, 6.45) is 6.87. The van der Waals surface area contributed by atoms with Crippen LogP contribution >= 0.6 is 23.2 Å². The number of sulfonamides is 1. The minimum absolute atomic E-state index is 0.0147. The number of methoxy groups -OCH3 is 1. The fraction of sp³-hybridized carbons (Fsp3) is 0.472. The lowest BCUT2D eigenvalue weighted by Gasteiger charge is -2.45. The van der Waals surface area contributed by atoms with E-state index in [4.69, 9.17) is 51.9 Å². The minimum atomic E-state index is -4.38. The predicted molar refractivity (Wildman–Crippen MR) is 278 cm³/mol. The molecule has 4 atom stereocenters. The number of pyridine rings is 1. The van der Waals surface area contributed by atoms with Gasteiger partial charge in [0.25, 0.3) is 15.9 Å². The molecule has 5 aromatic rings. The summed E-state index contributed by atoms with van der Waals surface area (Å²) in [6.45, 7) is 11.2. The molecule has 3 fully saturated rings. The molecule has 10 rings (SSSR count). The number of allylic oxidation sites excluding steroid dienone is 1. The molecule has 71 heavy (non-hydrogen) atoms. The van der Waals surface area contributed by atoms with Crippen molar-refractivity contribution in [3.63, 3.8) is 0 Å². The number of H-pyrrole nitrogens is 1. The SMILES string of the molecule is CO[C@H]1CC[C@H](CNc2ccc(S(=O)(=O)NC(=O)c3ccc(N4CCN5CC6=C(c7ccc(Cl)cc7)CC(C)(C)C[C@H]6OCCCOC[C@@H]5C4)cc3N3CCCOc4nc5[nH]ccc5cc43)cc2Cl)OC1. The molecule has 1 amide bonds. The first kappa shape index (κ1) is 49.7. The van der Waals surface area contributed by atoms with Crippen LogP contribution in [0, 0.1) is 5.41 Å². The second-order valence-electron chi connectivity index (χ2n) is 20.0. The largest absolute Gasteiger partial charge is 0.476 e. The Kier molecular flexibility index (Phi) is 14.9. The smallest absolute Gasteiger partial charge is 0.267 e. The van der Waals surface area contributed by atoms with Crippen LogP contribution in [0.5, 0.6) is 5.88 Å². The third-order valence-corrected chi connectivity index (χ3v) is 16.4. The summed E-state index contributed by atoms with van der Waals surface area (Å²) in [7, 11) is -2.70. The molecule has 18 heteroatoms. The van der Waals surface area contributed by atoms with E-state index in [1.807, 2.05) is 47.5 Å². The lowest BCUT2D eigenvalue weighted by Crippen LogP contribution is -2.56. The third-order valence-electron chi connectivity index (χ3n) is 14.5. The van der Waals surface area contributed by atoms with E-state index in [0.29, 0.717) is 99.2 Å². The molecule has 0 unspecified atom stereocenters. The van der Waals surface area contributed by atoms with Crippen molar-refractivity contribution < 1.29 is 36.9 Å². The highest BCUT2D eigenvalue weighted by Gasteiger charge is 2.39. The molecule has 2 aromatic heterocycles. The van der Waals surface area contributed by atoms with Crippen LogP contribution < -0.4 is 24.6 Å². The van der Waals surface area contributed by atoms with Gasteiger partial charge < -0.3 is 43.8 Å². The molecule has 0 bridgehead atoms. The van der Waals surface area contributed by atoms with Crippen LogP contribution in [-0.4, -0.2) is 133 Å². The van der Waals surface area contributed by atoms with E-state index in [1.165, 1.54) is 28.8 Å². The van der Waals surface area contributed by atoms with Crippen molar-refractivity contribution in [1.82, 2.24) is 19.6 Å². The molecule has 0 spiro atoms. The minimum Gasteiger partial charge on any atom is -0.476 e. The van der Waals surface area contributed by atoms with Crippen molar-refractivity contribution in [2.45, 2.75) is 81.6 Å². The molecule has 5 aliphatic rings. The van der Waals surface area contributed by atoms with Crippen molar-refractivity contribution in [2.24, 2.45) is 5.41 Å². The molecule has 378 valence electrons. The molecule has 3 aromatic carbocycles. The summed E-state index contributed by atoms with van der Waals surface area (Å²) in [5.41, 5.74) is 7.41. The number of nitrogens with zero attached hydrogens (tertiary/aromatic N) is 4. The van der Waals surface area contributed by atoms with Gasteiger partial charge in [-0.15, -0.1) is 0 Å². The van der Waals surface area contributed by atoms with Gasteiger partial charge in [-0.05, 0) is 121 Å². The van der Waals surface area contributed by atoms with Gasteiger partial charge >= 0.3 is 0 Å². The number of anilines is 4. The summed E-state index contributed by atoms with van der Waals surface area (Å²) in [5, 5.41) is 5.07. The summed E-state index contributed by atoms with van der Waals surface area (Å²) < 4.78 is 61.1. The van der Waals surface area contributed by atoms with E-state index in [2.05, 4.69) is 50.8 Å². The van der Waals surface area contributed by atoms with E-state index in [9.17, 15) is 13.2 Å². The first-order valence-corrected chi connectivity index (χ1v) is 27.0. The maximum atomic E-state index is 14.6. The topological polar surface area (TPSA) is 160 Å². The Labute approximate surface area is 426 Å². The normalized spacial score (nSPS) is 23.4. The molecule has 6 heterocycles. The standard InChI is InChI=1S/C53H63Cl2N7O8S/c1-53(2)27-43(34-6-8-36(54)9-7-34)44-31-61-20-19-60(30-38(61)32-67-21-5-23-68-49(44)28-53)37-10-14-42(47(25-37)62-18-4-22-69-52-48(62)24-35-16-17-56-50(35)58-52)51(63)59-71(64,65)41-13-15-46(45(55)26-41)57-29-39-11-12-40(66-3)33-70-39/h6-10,13-17,24-26,38-40,49,57H,4-5,11-12,18-23,27-33H2,1-3H3,(H,56,58)(H,59,63)/t38-,39+,40-,49+/m0/s1. The predicted octanol–water partition coefficient (Wildman–Crippen LogP) is 9.08. The van der Waals surface area contributed by atoms with E-state index in [1.54, 1.807) is 19.2 Å². The molecule has 0 saturated carbocycles. The molecule has 15 nitrogen and oxygen atoms in total. The van der Waals surface area contributed by atoms with Gasteiger partial charge in [0.15, 0.2) is 0 Å². The van der Waals surface area contributed by atoms with Crippen LogP contribution in [0.15, 0.2) is 89.5 Å². The molecule has 3 N–H and O–H groups in total. The number of carbonyl (C=O) groups is 1. The van der Waals surface area contributed by atoms with Crippen molar-refractivity contribution in [3.05, 3.63) is 106 Å². The van der Waals surface area contributed by atoms with Crippen LogP contribution in [0.1, 0.15) is 68.3 Å². The van der Waals surface area contributed by atoms with Gasteiger partial charge in [-0.3, -0.25) is 9.69 Å². The maximum Gasteiger partial charge on any atom is 0.267 e. The van der Waals surface area contributed by atoms with Gasteiger partial charge in [0.1, 0.15) is 11.3 Å². The summed E-state index contributed by atoms with van der Waals surface area (Å²) in [5.74, 6) is -0.363. The van der Waals surface area contributed by atoms with Crippen LogP contribution in [0.4, 0.5) is 22.7 Å². The van der Waals surface area contributed by atoms with Gasteiger partial charge in [0, 0.05) is 81.9 Å². The average molecular weight is 1030 g/mol. The zero-order valence-corrected chi connectivity index (χ0v) is 42.9. The van der Waals surface area contributed by atoms with Crippen molar-refractivity contribution in [1.29, 1.82) is 0 Å². The third kappa shape index (κ3) is 11.2. The highest BCUT2D eigenvalue weighted by atomic mass is 35.5. The van der Waals surface area contributed by atoms with Crippen molar-refractivity contribution in [2.75, 3.05) is 94.5 Å². The Morgan fingerprint density at radius 3 is 2.59 bits per heavy atom. The van der Waals surface area contributed by atoms with Crippen LogP contribution in [-0.2, 0) is 29.0 Å². The number of benzene rings is 3. The number of aromatic amines is 1. The number of aromatic nitrogens is 2.